The Morgan fingerprint density at radius 2 is 1.88 bits per heavy atom. The number of hydrogen-bond donors (Lipinski definition) is 1. The van der Waals surface area contributed by atoms with Gasteiger partial charge < -0.3 is 10.0 Å². The number of aliphatic carboxylic acids is 1. The van der Waals surface area contributed by atoms with Gasteiger partial charge in [-0.2, -0.15) is 0 Å². The first kappa shape index (κ1) is 11.0. The van der Waals surface area contributed by atoms with Crippen molar-refractivity contribution in [3.05, 3.63) is 29.8 Å². The van der Waals surface area contributed by atoms with Crippen molar-refractivity contribution in [2.75, 3.05) is 18.0 Å². The van der Waals surface area contributed by atoms with Gasteiger partial charge in [0, 0.05) is 18.8 Å². The van der Waals surface area contributed by atoms with Crippen molar-refractivity contribution >= 4 is 11.7 Å². The van der Waals surface area contributed by atoms with Gasteiger partial charge in [-0.3, -0.25) is 4.79 Å². The molecule has 1 heterocycles. The summed E-state index contributed by atoms with van der Waals surface area (Å²) in [7, 11) is 0. The summed E-state index contributed by atoms with van der Waals surface area (Å²) in [5, 5.41) is 8.66. The highest BCUT2D eigenvalue weighted by atomic mass is 16.4. The molecule has 0 amide bonds. The molecule has 2 rings (SSSR count). The maximum absolute atomic E-state index is 10.5. The Labute approximate surface area is 95.7 Å². The minimum Gasteiger partial charge on any atom is -0.481 e. The van der Waals surface area contributed by atoms with Gasteiger partial charge in [0.05, 0.1) is 6.42 Å². The smallest absolute Gasteiger partial charge is 0.307 e. The van der Waals surface area contributed by atoms with Gasteiger partial charge in [-0.1, -0.05) is 26.0 Å². The van der Waals surface area contributed by atoms with Crippen LogP contribution in [0.2, 0.25) is 0 Å². The number of carbonyl (C=O) groups is 1. The molecule has 1 aliphatic heterocycles. The molecule has 1 fully saturated rings. The molecule has 0 aromatic heterocycles. The predicted octanol–water partition coefficient (Wildman–Crippen LogP) is 2.16. The third-order valence-corrected chi connectivity index (χ3v) is 2.89. The highest BCUT2D eigenvalue weighted by Gasteiger charge is 2.33. The summed E-state index contributed by atoms with van der Waals surface area (Å²) in [6.45, 7) is 6.65. The van der Waals surface area contributed by atoms with Crippen molar-refractivity contribution in [2.45, 2.75) is 20.3 Å². The van der Waals surface area contributed by atoms with E-state index in [0.29, 0.717) is 5.41 Å². The Bertz CT molecular complexity index is 387. The van der Waals surface area contributed by atoms with Gasteiger partial charge >= 0.3 is 5.97 Å². The van der Waals surface area contributed by atoms with Gasteiger partial charge in [-0.25, -0.2) is 0 Å². The van der Waals surface area contributed by atoms with Gasteiger partial charge in [0.15, 0.2) is 0 Å². The van der Waals surface area contributed by atoms with Crippen LogP contribution in [0.1, 0.15) is 19.4 Å². The van der Waals surface area contributed by atoms with Crippen molar-refractivity contribution < 1.29 is 9.90 Å². The Morgan fingerprint density at radius 3 is 2.31 bits per heavy atom. The van der Waals surface area contributed by atoms with E-state index in [9.17, 15) is 4.79 Å². The number of anilines is 1. The number of carboxylic acid groups (broad SMARTS) is 1. The Balaban J connectivity index is 2.01. The van der Waals surface area contributed by atoms with Gasteiger partial charge in [0.1, 0.15) is 0 Å². The molecule has 86 valence electrons. The fraction of sp³-hybridized carbons (Fsp3) is 0.462. The van der Waals surface area contributed by atoms with Crippen molar-refractivity contribution in [1.82, 2.24) is 0 Å². The maximum atomic E-state index is 10.5. The SMILES string of the molecule is CC1(C)CN(c2ccc(CC(=O)O)cc2)C1. The summed E-state index contributed by atoms with van der Waals surface area (Å²) in [6, 6.07) is 7.81. The lowest BCUT2D eigenvalue weighted by Gasteiger charge is -2.47. The second kappa shape index (κ2) is 3.81. The largest absolute Gasteiger partial charge is 0.481 e. The van der Waals surface area contributed by atoms with Gasteiger partial charge in [-0.05, 0) is 23.1 Å². The average Bonchev–Trinajstić information content (AvgIpc) is 2.14. The molecule has 0 spiro atoms. The topological polar surface area (TPSA) is 40.5 Å². The van der Waals surface area contributed by atoms with Crippen LogP contribution < -0.4 is 4.90 Å². The molecule has 16 heavy (non-hydrogen) atoms. The van der Waals surface area contributed by atoms with Crippen molar-refractivity contribution in [2.24, 2.45) is 5.41 Å². The minimum absolute atomic E-state index is 0.103. The molecule has 1 aromatic rings. The molecule has 0 aliphatic carbocycles. The lowest BCUT2D eigenvalue weighted by atomic mass is 9.84. The quantitative estimate of drug-likeness (QED) is 0.847. The molecule has 1 aromatic carbocycles. The van der Waals surface area contributed by atoms with Crippen LogP contribution >= 0.6 is 0 Å². The lowest BCUT2D eigenvalue weighted by Crippen LogP contribution is -2.53. The van der Waals surface area contributed by atoms with Crippen LogP contribution in [0.5, 0.6) is 0 Å². The van der Waals surface area contributed by atoms with Gasteiger partial charge in [0.25, 0.3) is 0 Å². The zero-order valence-electron chi connectivity index (χ0n) is 9.73. The van der Waals surface area contributed by atoms with Crippen LogP contribution in [0, 0.1) is 5.41 Å². The van der Waals surface area contributed by atoms with E-state index in [1.807, 2.05) is 24.3 Å². The van der Waals surface area contributed by atoms with E-state index in [4.69, 9.17) is 5.11 Å². The van der Waals surface area contributed by atoms with Crippen LogP contribution in [0.3, 0.4) is 0 Å². The normalized spacial score (nSPS) is 18.0. The lowest BCUT2D eigenvalue weighted by molar-refractivity contribution is -0.136. The average molecular weight is 219 g/mol. The van der Waals surface area contributed by atoms with E-state index in [1.54, 1.807) is 0 Å². The van der Waals surface area contributed by atoms with Crippen molar-refractivity contribution in [3.8, 4) is 0 Å². The number of benzene rings is 1. The molecule has 1 N–H and O–H groups in total. The number of rotatable bonds is 3. The first-order chi connectivity index (χ1) is 7.46. The first-order valence-corrected chi connectivity index (χ1v) is 5.52. The Morgan fingerprint density at radius 1 is 1.31 bits per heavy atom. The number of carboxylic acids is 1. The van der Waals surface area contributed by atoms with Crippen LogP contribution in [-0.4, -0.2) is 24.2 Å². The fourth-order valence-corrected chi connectivity index (χ4v) is 2.17. The maximum Gasteiger partial charge on any atom is 0.307 e. The predicted molar refractivity (Wildman–Crippen MR) is 63.8 cm³/mol. The first-order valence-electron chi connectivity index (χ1n) is 5.52. The molecule has 0 atom stereocenters. The summed E-state index contributed by atoms with van der Waals surface area (Å²) in [5.74, 6) is -0.780. The third-order valence-electron chi connectivity index (χ3n) is 2.89. The molecule has 1 saturated heterocycles. The third kappa shape index (κ3) is 2.35. The minimum atomic E-state index is -0.780. The summed E-state index contributed by atoms with van der Waals surface area (Å²) >= 11 is 0. The second-order valence-corrected chi connectivity index (χ2v) is 5.26. The van der Waals surface area contributed by atoms with E-state index in [-0.39, 0.29) is 6.42 Å². The molecular weight excluding hydrogens is 202 g/mol. The molecule has 3 heteroatoms. The molecule has 0 bridgehead atoms. The summed E-state index contributed by atoms with van der Waals surface area (Å²) in [5.41, 5.74) is 2.46. The zero-order valence-corrected chi connectivity index (χ0v) is 9.73. The Hall–Kier alpha value is -1.51. The van der Waals surface area contributed by atoms with Gasteiger partial charge in [-0.15, -0.1) is 0 Å². The number of nitrogens with zero attached hydrogens (tertiary/aromatic N) is 1. The second-order valence-electron chi connectivity index (χ2n) is 5.26. The standard InChI is InChI=1S/C13H17NO2/c1-13(2)8-14(9-13)11-5-3-10(4-6-11)7-12(15)16/h3-6H,7-9H2,1-2H3,(H,15,16). The molecule has 1 aliphatic rings. The van der Waals surface area contributed by atoms with E-state index in [1.165, 1.54) is 5.69 Å². The monoisotopic (exact) mass is 219 g/mol. The zero-order chi connectivity index (χ0) is 11.8. The van der Waals surface area contributed by atoms with Crippen LogP contribution in [0.25, 0.3) is 0 Å². The highest BCUT2D eigenvalue weighted by molar-refractivity contribution is 5.70. The van der Waals surface area contributed by atoms with Crippen LogP contribution in [0.15, 0.2) is 24.3 Å². The summed E-state index contributed by atoms with van der Waals surface area (Å²) in [6.07, 6.45) is 0.103. The summed E-state index contributed by atoms with van der Waals surface area (Å²) < 4.78 is 0. The molecule has 0 radical (unpaired) electrons. The van der Waals surface area contributed by atoms with E-state index >= 15 is 0 Å². The van der Waals surface area contributed by atoms with Crippen LogP contribution in [-0.2, 0) is 11.2 Å². The molecule has 3 nitrogen and oxygen atoms in total. The molecular formula is C13H17NO2. The van der Waals surface area contributed by atoms with Crippen molar-refractivity contribution in [1.29, 1.82) is 0 Å². The van der Waals surface area contributed by atoms with Gasteiger partial charge in [0.2, 0.25) is 0 Å². The summed E-state index contributed by atoms with van der Waals surface area (Å²) in [4.78, 5) is 12.8. The number of hydrogen-bond acceptors (Lipinski definition) is 2. The highest BCUT2D eigenvalue weighted by Crippen LogP contribution is 2.33. The van der Waals surface area contributed by atoms with E-state index in [0.717, 1.165) is 18.7 Å². The van der Waals surface area contributed by atoms with E-state index < -0.39 is 5.97 Å². The fourth-order valence-electron chi connectivity index (χ4n) is 2.17. The van der Waals surface area contributed by atoms with Crippen molar-refractivity contribution in [3.63, 3.8) is 0 Å². The van der Waals surface area contributed by atoms with E-state index in [2.05, 4.69) is 18.7 Å². The molecule has 0 saturated carbocycles. The molecule has 0 unspecified atom stereocenters. The Kier molecular flexibility index (Phi) is 2.62. The van der Waals surface area contributed by atoms with Crippen LogP contribution in [0.4, 0.5) is 5.69 Å².